The normalized spacial score (nSPS) is 13.5. The minimum Gasteiger partial charge on any atom is -0.471 e. The van der Waals surface area contributed by atoms with Crippen LogP contribution in [0.3, 0.4) is 0 Å². The molecule has 0 saturated heterocycles. The first-order valence-electron chi connectivity index (χ1n) is 8.25. The van der Waals surface area contributed by atoms with E-state index in [1.165, 1.54) is 31.3 Å². The zero-order chi connectivity index (χ0) is 21.0. The minimum atomic E-state index is -4.41. The summed E-state index contributed by atoms with van der Waals surface area (Å²) in [4.78, 5) is 40.2. The number of rotatable bonds is 5. The number of carbonyl (C=O) groups excluding carboxylic acids is 2. The molecule has 0 atom stereocenters. The van der Waals surface area contributed by atoms with Crippen molar-refractivity contribution in [1.29, 1.82) is 0 Å². The summed E-state index contributed by atoms with van der Waals surface area (Å²) in [5, 5.41) is 5.37. The maximum absolute atomic E-state index is 12.7. The molecule has 2 aromatic rings. The Bertz CT molecular complexity index is 1100. The molecule has 13 heteroatoms. The summed E-state index contributed by atoms with van der Waals surface area (Å²) in [5.74, 6) is -0.629. The van der Waals surface area contributed by atoms with E-state index in [1.54, 1.807) is 6.92 Å². The first kappa shape index (κ1) is 20.1. The second-order valence-corrected chi connectivity index (χ2v) is 7.37. The van der Waals surface area contributed by atoms with Gasteiger partial charge >= 0.3 is 6.03 Å². The quantitative estimate of drug-likeness (QED) is 0.660. The molecule has 2 N–H and O–H groups in total. The third-order valence-electron chi connectivity index (χ3n) is 3.48. The molecule has 0 spiro atoms. The number of aryl methyl sites for hydroxylation is 1. The van der Waals surface area contributed by atoms with Crippen LogP contribution < -0.4 is 10.0 Å². The topological polar surface area (TPSA) is 162 Å². The fourth-order valence-electron chi connectivity index (χ4n) is 2.30. The molecule has 29 heavy (non-hydrogen) atoms. The lowest BCUT2D eigenvalue weighted by molar-refractivity contribution is 0.0653. The van der Waals surface area contributed by atoms with Crippen molar-refractivity contribution in [3.05, 3.63) is 41.3 Å². The Hall–Kier alpha value is -3.61. The molecule has 0 radical (unpaired) electrons. The highest BCUT2D eigenvalue weighted by atomic mass is 32.2. The van der Waals surface area contributed by atoms with E-state index in [1.807, 2.05) is 4.72 Å². The molecule has 2 amide bonds. The van der Waals surface area contributed by atoms with Crippen LogP contribution in [0.25, 0.3) is 0 Å². The van der Waals surface area contributed by atoms with Crippen LogP contribution in [0.2, 0.25) is 0 Å². The molecule has 152 valence electrons. The van der Waals surface area contributed by atoms with Crippen LogP contribution in [-0.4, -0.2) is 54.3 Å². The first-order chi connectivity index (χ1) is 13.8. The van der Waals surface area contributed by atoms with Gasteiger partial charge in [-0.15, -0.1) is 0 Å². The van der Waals surface area contributed by atoms with Crippen LogP contribution in [0.5, 0.6) is 0 Å². The van der Waals surface area contributed by atoms with Crippen LogP contribution in [0, 0.1) is 6.92 Å². The molecule has 0 unspecified atom stereocenters. The largest absolute Gasteiger partial charge is 0.471 e. The van der Waals surface area contributed by atoms with Crippen molar-refractivity contribution in [2.24, 2.45) is 5.16 Å². The van der Waals surface area contributed by atoms with E-state index < -0.39 is 21.1 Å². The summed E-state index contributed by atoms with van der Waals surface area (Å²) in [6, 6.07) is 3.20. The average Bonchev–Trinajstić information content (AvgIpc) is 2.67. The van der Waals surface area contributed by atoms with Crippen LogP contribution in [0.4, 0.5) is 10.7 Å². The Morgan fingerprint density at radius 2 is 2.00 bits per heavy atom. The number of nitrogens with one attached hydrogen (secondary N) is 2. The number of aromatic nitrogens is 3. The summed E-state index contributed by atoms with van der Waals surface area (Å²) >= 11 is 0. The number of sulfonamides is 1. The first-order valence-corrected chi connectivity index (χ1v) is 9.73. The smallest absolute Gasteiger partial charge is 0.335 e. The van der Waals surface area contributed by atoms with Crippen molar-refractivity contribution in [1.82, 2.24) is 19.7 Å². The third-order valence-corrected chi connectivity index (χ3v) is 4.77. The lowest BCUT2D eigenvalue weighted by atomic mass is 10.3. The number of nitrogens with zero attached hydrogens (tertiary/aromatic N) is 4. The Morgan fingerprint density at radius 3 is 2.69 bits per heavy atom. The summed E-state index contributed by atoms with van der Waals surface area (Å²) in [5.41, 5.74) is 0.524. The van der Waals surface area contributed by atoms with Gasteiger partial charge in [0.15, 0.2) is 17.4 Å². The van der Waals surface area contributed by atoms with Gasteiger partial charge in [0.25, 0.3) is 15.9 Å². The number of oxime groups is 1. The number of ether oxygens (including phenoxy) is 1. The van der Waals surface area contributed by atoms with Gasteiger partial charge in [-0.1, -0.05) is 0 Å². The summed E-state index contributed by atoms with van der Waals surface area (Å²) < 4.78 is 32.4. The molecule has 0 fully saturated rings. The maximum Gasteiger partial charge on any atom is 0.335 e. The van der Waals surface area contributed by atoms with Gasteiger partial charge in [-0.05, 0) is 30.3 Å². The second-order valence-electron chi connectivity index (χ2n) is 5.77. The predicted molar refractivity (Wildman–Crippen MR) is 98.8 cm³/mol. The van der Waals surface area contributed by atoms with Gasteiger partial charge in [-0.25, -0.2) is 24.5 Å². The SMILES string of the molecule is CC(=O)c1cc(C)nc(NC(=O)NS(=O)(=O)c2ncccc2C2=NOCCO2)n1. The summed E-state index contributed by atoms with van der Waals surface area (Å²) in [6.07, 6.45) is 1.24. The van der Waals surface area contributed by atoms with E-state index in [2.05, 4.69) is 25.4 Å². The Labute approximate surface area is 165 Å². The summed E-state index contributed by atoms with van der Waals surface area (Å²) in [7, 11) is -4.41. The Kier molecular flexibility index (Phi) is 5.68. The standard InChI is InChI=1S/C16H16N6O6S/c1-9-8-12(10(2)23)19-15(18-9)20-16(24)22-29(25,26)14-11(4-3-5-17-14)13-21-28-7-6-27-13/h3-5,8H,6-7H2,1-2H3,(H2,18,19,20,22,24). The van der Waals surface area contributed by atoms with Crippen LogP contribution >= 0.6 is 0 Å². The molecule has 0 aliphatic carbocycles. The van der Waals surface area contributed by atoms with Crippen molar-refractivity contribution < 1.29 is 27.6 Å². The lowest BCUT2D eigenvalue weighted by Gasteiger charge is -2.15. The number of amides is 2. The number of urea groups is 1. The highest BCUT2D eigenvalue weighted by molar-refractivity contribution is 7.90. The number of ketones is 1. The molecule has 3 rings (SSSR count). The number of anilines is 1. The molecule has 12 nitrogen and oxygen atoms in total. The van der Waals surface area contributed by atoms with Gasteiger partial charge in [0.05, 0.1) is 5.56 Å². The van der Waals surface area contributed by atoms with Crippen LogP contribution in [0.1, 0.15) is 28.7 Å². The number of pyridine rings is 1. The number of hydrogen-bond donors (Lipinski definition) is 2. The Morgan fingerprint density at radius 1 is 1.21 bits per heavy atom. The molecule has 0 aromatic carbocycles. The van der Waals surface area contributed by atoms with Crippen LogP contribution in [-0.2, 0) is 19.6 Å². The molecule has 0 saturated carbocycles. The molecule has 2 aromatic heterocycles. The lowest BCUT2D eigenvalue weighted by Crippen LogP contribution is -2.36. The van der Waals surface area contributed by atoms with Gasteiger partial charge in [0.2, 0.25) is 5.95 Å². The van der Waals surface area contributed by atoms with E-state index in [4.69, 9.17) is 9.57 Å². The second kappa shape index (κ2) is 8.18. The predicted octanol–water partition coefficient (Wildman–Crippen LogP) is 0.601. The molecular formula is C16H16N6O6S. The van der Waals surface area contributed by atoms with Crippen LogP contribution in [0.15, 0.2) is 34.6 Å². The number of Topliss-reactive ketones (excluding diaryl/α,β-unsaturated/α-hetero) is 1. The van der Waals surface area contributed by atoms with E-state index >= 15 is 0 Å². The van der Waals surface area contributed by atoms with E-state index in [9.17, 15) is 18.0 Å². The fraction of sp³-hybridized carbons (Fsp3) is 0.250. The van der Waals surface area contributed by atoms with Crippen molar-refractivity contribution in [3.63, 3.8) is 0 Å². The third kappa shape index (κ3) is 4.82. The fourth-order valence-corrected chi connectivity index (χ4v) is 3.34. The number of carbonyl (C=O) groups is 2. The Balaban J connectivity index is 1.83. The van der Waals surface area contributed by atoms with Gasteiger partial charge in [0.1, 0.15) is 12.3 Å². The van der Waals surface area contributed by atoms with Gasteiger partial charge in [-0.3, -0.25) is 10.1 Å². The summed E-state index contributed by atoms with van der Waals surface area (Å²) in [6.45, 7) is 3.31. The molecule has 1 aliphatic rings. The van der Waals surface area contributed by atoms with Gasteiger partial charge in [-0.2, -0.15) is 8.42 Å². The molecule has 1 aliphatic heterocycles. The van der Waals surface area contributed by atoms with Gasteiger partial charge < -0.3 is 9.57 Å². The van der Waals surface area contributed by atoms with Crippen molar-refractivity contribution in [3.8, 4) is 0 Å². The minimum absolute atomic E-state index is 0.0261. The zero-order valence-corrected chi connectivity index (χ0v) is 16.2. The van der Waals surface area contributed by atoms with Crippen molar-refractivity contribution in [2.75, 3.05) is 18.5 Å². The van der Waals surface area contributed by atoms with Crippen molar-refractivity contribution in [2.45, 2.75) is 18.9 Å². The van der Waals surface area contributed by atoms with E-state index in [-0.39, 0.29) is 42.1 Å². The van der Waals surface area contributed by atoms with Gasteiger partial charge in [0, 0.05) is 18.8 Å². The number of hydrogen-bond acceptors (Lipinski definition) is 10. The average molecular weight is 420 g/mol. The molecule has 3 heterocycles. The maximum atomic E-state index is 12.7. The zero-order valence-electron chi connectivity index (χ0n) is 15.4. The molecular weight excluding hydrogens is 404 g/mol. The van der Waals surface area contributed by atoms with Crippen molar-refractivity contribution >= 4 is 33.7 Å². The van der Waals surface area contributed by atoms with E-state index in [0.717, 1.165) is 0 Å². The van der Waals surface area contributed by atoms with E-state index in [0.29, 0.717) is 5.69 Å². The highest BCUT2D eigenvalue weighted by Gasteiger charge is 2.27. The molecule has 0 bridgehead atoms. The highest BCUT2D eigenvalue weighted by Crippen LogP contribution is 2.16. The monoisotopic (exact) mass is 420 g/mol.